The van der Waals surface area contributed by atoms with Crippen molar-refractivity contribution in [1.82, 2.24) is 4.90 Å². The molecular weight excluding hydrogens is 327 g/mol. The fraction of sp³-hybridized carbons (Fsp3) is 0.211. The van der Waals surface area contributed by atoms with E-state index in [0.717, 1.165) is 11.1 Å². The van der Waals surface area contributed by atoms with Crippen molar-refractivity contribution in [2.24, 2.45) is 0 Å². The Morgan fingerprint density at radius 3 is 2.67 bits per heavy atom. The van der Waals surface area contributed by atoms with E-state index < -0.39 is 5.82 Å². The van der Waals surface area contributed by atoms with Crippen LogP contribution in [0.2, 0.25) is 5.02 Å². The Labute approximate surface area is 146 Å². The van der Waals surface area contributed by atoms with Crippen LogP contribution in [-0.4, -0.2) is 23.9 Å². The summed E-state index contributed by atoms with van der Waals surface area (Å²) in [5.74, 6) is 1.66. The maximum Gasteiger partial charge on any atom is 0.238 e. The van der Waals surface area contributed by atoms with Gasteiger partial charge >= 0.3 is 0 Å². The summed E-state index contributed by atoms with van der Waals surface area (Å²) in [5, 5.41) is 2.88. The Morgan fingerprint density at radius 2 is 2.00 bits per heavy atom. The smallest absolute Gasteiger partial charge is 0.238 e. The van der Waals surface area contributed by atoms with Crippen LogP contribution in [0.1, 0.15) is 11.1 Å². The van der Waals surface area contributed by atoms with E-state index in [1.54, 1.807) is 0 Å². The van der Waals surface area contributed by atoms with Crippen LogP contribution in [-0.2, 0) is 11.3 Å². The number of carbonyl (C=O) groups is 1. The second kappa shape index (κ2) is 8.49. The van der Waals surface area contributed by atoms with E-state index in [0.29, 0.717) is 18.1 Å². The summed E-state index contributed by atoms with van der Waals surface area (Å²) in [6.07, 6.45) is 5.38. The first-order chi connectivity index (χ1) is 11.5. The highest BCUT2D eigenvalue weighted by Crippen LogP contribution is 2.19. The van der Waals surface area contributed by atoms with Crippen LogP contribution < -0.4 is 5.32 Å². The van der Waals surface area contributed by atoms with Crippen LogP contribution in [0.3, 0.4) is 0 Å². The van der Waals surface area contributed by atoms with Crippen molar-refractivity contribution in [3.8, 4) is 12.3 Å². The second-order valence-electron chi connectivity index (χ2n) is 5.51. The maximum absolute atomic E-state index is 13.7. The predicted molar refractivity (Wildman–Crippen MR) is 95.3 cm³/mol. The molecule has 2 aromatic rings. The number of amides is 1. The molecule has 2 aromatic carbocycles. The molecule has 0 spiro atoms. The molecule has 1 N–H and O–H groups in total. The first-order valence-electron chi connectivity index (χ1n) is 7.44. The van der Waals surface area contributed by atoms with Gasteiger partial charge in [-0.15, -0.1) is 6.42 Å². The minimum Gasteiger partial charge on any atom is -0.322 e. The summed E-state index contributed by atoms with van der Waals surface area (Å²) in [5.41, 5.74) is 2.28. The molecule has 0 saturated heterocycles. The molecule has 0 unspecified atom stereocenters. The standard InChI is InChI=1S/C19H18ClFN2O/c1-3-10-23(12-15-6-4-14(2)5-7-15)13-19(24)22-18-11-16(20)8-9-17(18)21/h1,4-9,11H,10,12-13H2,2H3,(H,22,24). The van der Waals surface area contributed by atoms with Gasteiger partial charge in [-0.25, -0.2) is 4.39 Å². The van der Waals surface area contributed by atoms with Crippen LogP contribution in [0.4, 0.5) is 10.1 Å². The lowest BCUT2D eigenvalue weighted by molar-refractivity contribution is -0.117. The molecule has 0 aliphatic rings. The predicted octanol–water partition coefficient (Wildman–Crippen LogP) is 3.86. The van der Waals surface area contributed by atoms with Crippen molar-refractivity contribution in [3.63, 3.8) is 0 Å². The average molecular weight is 345 g/mol. The summed E-state index contributed by atoms with van der Waals surface area (Å²) in [6.45, 7) is 2.93. The molecule has 3 nitrogen and oxygen atoms in total. The molecule has 0 fully saturated rings. The number of benzene rings is 2. The van der Waals surface area contributed by atoms with Crippen molar-refractivity contribution in [2.45, 2.75) is 13.5 Å². The van der Waals surface area contributed by atoms with Gasteiger partial charge in [0.25, 0.3) is 0 Å². The normalized spacial score (nSPS) is 10.5. The summed E-state index contributed by atoms with van der Waals surface area (Å²) >= 11 is 5.82. The second-order valence-corrected chi connectivity index (χ2v) is 5.94. The van der Waals surface area contributed by atoms with Crippen LogP contribution in [0.25, 0.3) is 0 Å². The molecule has 0 aliphatic carbocycles. The third-order valence-corrected chi connectivity index (χ3v) is 3.65. The number of anilines is 1. The molecule has 124 valence electrons. The largest absolute Gasteiger partial charge is 0.322 e. The molecule has 1 amide bonds. The highest BCUT2D eigenvalue weighted by Gasteiger charge is 2.13. The van der Waals surface area contributed by atoms with E-state index >= 15 is 0 Å². The maximum atomic E-state index is 13.7. The zero-order valence-corrected chi connectivity index (χ0v) is 14.1. The summed E-state index contributed by atoms with van der Waals surface area (Å²) < 4.78 is 13.7. The Balaban J connectivity index is 2.01. The van der Waals surface area contributed by atoms with Gasteiger partial charge in [-0.2, -0.15) is 0 Å². The van der Waals surface area contributed by atoms with Gasteiger partial charge in [-0.3, -0.25) is 9.69 Å². The number of terminal acetylenes is 1. The van der Waals surface area contributed by atoms with E-state index in [1.165, 1.54) is 18.2 Å². The number of nitrogens with zero attached hydrogens (tertiary/aromatic N) is 1. The average Bonchev–Trinajstić information content (AvgIpc) is 2.53. The molecule has 0 bridgehead atoms. The number of halogens is 2. The number of hydrogen-bond acceptors (Lipinski definition) is 2. The molecule has 5 heteroatoms. The van der Waals surface area contributed by atoms with Crippen molar-refractivity contribution in [3.05, 3.63) is 64.4 Å². The first-order valence-corrected chi connectivity index (χ1v) is 7.82. The lowest BCUT2D eigenvalue weighted by Crippen LogP contribution is -2.33. The first kappa shape index (κ1) is 18.0. The van der Waals surface area contributed by atoms with Crippen molar-refractivity contribution in [2.75, 3.05) is 18.4 Å². The van der Waals surface area contributed by atoms with Crippen molar-refractivity contribution < 1.29 is 9.18 Å². The third kappa shape index (κ3) is 5.38. The fourth-order valence-corrected chi connectivity index (χ4v) is 2.41. The minimum atomic E-state index is -0.533. The van der Waals surface area contributed by atoms with Crippen LogP contribution in [0.5, 0.6) is 0 Å². The highest BCUT2D eigenvalue weighted by atomic mass is 35.5. The number of aryl methyl sites for hydroxylation is 1. The molecule has 24 heavy (non-hydrogen) atoms. The van der Waals surface area contributed by atoms with Gasteiger partial charge in [0.1, 0.15) is 5.82 Å². The van der Waals surface area contributed by atoms with Gasteiger partial charge in [-0.1, -0.05) is 47.4 Å². The van der Waals surface area contributed by atoms with Crippen molar-refractivity contribution >= 4 is 23.2 Å². The number of rotatable bonds is 6. The van der Waals surface area contributed by atoms with Gasteiger partial charge in [0.2, 0.25) is 5.91 Å². The quantitative estimate of drug-likeness (QED) is 0.807. The Hall–Kier alpha value is -2.35. The van der Waals surface area contributed by atoms with Crippen LogP contribution in [0, 0.1) is 25.1 Å². The fourth-order valence-electron chi connectivity index (χ4n) is 2.23. The van der Waals surface area contributed by atoms with E-state index in [1.807, 2.05) is 36.1 Å². The Kier molecular flexibility index (Phi) is 6.36. The van der Waals surface area contributed by atoms with Gasteiger partial charge in [0.05, 0.1) is 18.8 Å². The van der Waals surface area contributed by atoms with Gasteiger partial charge in [0.15, 0.2) is 0 Å². The van der Waals surface area contributed by atoms with Gasteiger partial charge in [0, 0.05) is 11.6 Å². The molecular formula is C19H18ClFN2O. The molecule has 0 saturated carbocycles. The SMILES string of the molecule is C#CCN(CC(=O)Nc1cc(Cl)ccc1F)Cc1ccc(C)cc1. The van der Waals surface area contributed by atoms with Crippen LogP contribution in [0.15, 0.2) is 42.5 Å². The lowest BCUT2D eigenvalue weighted by atomic mass is 10.1. The zero-order chi connectivity index (χ0) is 17.5. The number of hydrogen-bond donors (Lipinski definition) is 1. The van der Waals surface area contributed by atoms with E-state index in [4.69, 9.17) is 18.0 Å². The molecule has 0 radical (unpaired) electrons. The number of carbonyl (C=O) groups excluding carboxylic acids is 1. The van der Waals surface area contributed by atoms with E-state index in [-0.39, 0.29) is 18.1 Å². The minimum absolute atomic E-state index is 0.0588. The Morgan fingerprint density at radius 1 is 1.29 bits per heavy atom. The molecule has 0 heterocycles. The summed E-state index contributed by atoms with van der Waals surface area (Å²) in [6, 6.07) is 12.0. The molecule has 0 aromatic heterocycles. The lowest BCUT2D eigenvalue weighted by Gasteiger charge is -2.19. The van der Waals surface area contributed by atoms with Gasteiger partial charge in [-0.05, 0) is 30.7 Å². The summed E-state index contributed by atoms with van der Waals surface area (Å²) in [4.78, 5) is 14.0. The van der Waals surface area contributed by atoms with Crippen molar-refractivity contribution in [1.29, 1.82) is 0 Å². The van der Waals surface area contributed by atoms with E-state index in [9.17, 15) is 9.18 Å². The monoisotopic (exact) mass is 344 g/mol. The van der Waals surface area contributed by atoms with E-state index in [2.05, 4.69) is 11.2 Å². The highest BCUT2D eigenvalue weighted by molar-refractivity contribution is 6.30. The molecule has 2 rings (SSSR count). The molecule has 0 aliphatic heterocycles. The van der Waals surface area contributed by atoms with Gasteiger partial charge < -0.3 is 5.32 Å². The third-order valence-electron chi connectivity index (χ3n) is 3.41. The Bertz CT molecular complexity index is 753. The number of nitrogens with one attached hydrogen (secondary N) is 1. The summed E-state index contributed by atoms with van der Waals surface area (Å²) in [7, 11) is 0. The molecule has 0 atom stereocenters. The topological polar surface area (TPSA) is 32.3 Å². The zero-order valence-electron chi connectivity index (χ0n) is 13.4. The van der Waals surface area contributed by atoms with Crippen LogP contribution >= 0.6 is 11.6 Å².